The SMILES string of the molecule is COc1cccc(OC)c1/C=C/C(=O)c1ccc(OCOC(=O)C(C)(C)C)cc1. The van der Waals surface area contributed by atoms with Crippen molar-refractivity contribution in [3.8, 4) is 17.2 Å². The third kappa shape index (κ3) is 6.10. The van der Waals surface area contributed by atoms with Gasteiger partial charge in [0.1, 0.15) is 17.2 Å². The van der Waals surface area contributed by atoms with Crippen LogP contribution in [0.1, 0.15) is 36.7 Å². The number of methoxy groups -OCH3 is 2. The fraction of sp³-hybridized carbons (Fsp3) is 0.304. The highest BCUT2D eigenvalue weighted by atomic mass is 16.7. The number of esters is 1. The first kappa shape index (κ1) is 22.0. The maximum absolute atomic E-state index is 12.5. The van der Waals surface area contributed by atoms with E-state index >= 15 is 0 Å². The van der Waals surface area contributed by atoms with Gasteiger partial charge in [-0.15, -0.1) is 0 Å². The summed E-state index contributed by atoms with van der Waals surface area (Å²) in [6.45, 7) is 5.12. The van der Waals surface area contributed by atoms with E-state index in [2.05, 4.69) is 0 Å². The minimum Gasteiger partial charge on any atom is -0.496 e. The van der Waals surface area contributed by atoms with Crippen LogP contribution >= 0.6 is 0 Å². The van der Waals surface area contributed by atoms with E-state index < -0.39 is 5.41 Å². The lowest BCUT2D eigenvalue weighted by atomic mass is 9.98. The molecule has 2 rings (SSSR count). The Balaban J connectivity index is 2.01. The Morgan fingerprint density at radius 2 is 1.52 bits per heavy atom. The summed E-state index contributed by atoms with van der Waals surface area (Å²) in [4.78, 5) is 24.2. The lowest BCUT2D eigenvalue weighted by Crippen LogP contribution is -2.24. The number of rotatable bonds is 8. The van der Waals surface area contributed by atoms with Gasteiger partial charge in [-0.05, 0) is 69.3 Å². The number of ether oxygens (including phenoxy) is 4. The average molecular weight is 398 g/mol. The van der Waals surface area contributed by atoms with Crippen molar-refractivity contribution in [1.82, 2.24) is 0 Å². The van der Waals surface area contributed by atoms with Gasteiger partial charge in [0.25, 0.3) is 0 Å². The summed E-state index contributed by atoms with van der Waals surface area (Å²) < 4.78 is 21.1. The van der Waals surface area contributed by atoms with Crippen LogP contribution in [0.5, 0.6) is 17.2 Å². The maximum atomic E-state index is 12.5. The molecule has 0 spiro atoms. The van der Waals surface area contributed by atoms with E-state index in [1.165, 1.54) is 6.08 Å². The van der Waals surface area contributed by atoms with E-state index in [4.69, 9.17) is 18.9 Å². The van der Waals surface area contributed by atoms with Gasteiger partial charge in [-0.1, -0.05) is 6.07 Å². The zero-order valence-electron chi connectivity index (χ0n) is 17.4. The molecule has 0 saturated carbocycles. The molecule has 6 nitrogen and oxygen atoms in total. The molecular weight excluding hydrogens is 372 g/mol. The Labute approximate surface area is 171 Å². The van der Waals surface area contributed by atoms with Crippen LogP contribution in [0.3, 0.4) is 0 Å². The molecule has 0 atom stereocenters. The minimum atomic E-state index is -0.587. The molecule has 0 aromatic heterocycles. The molecule has 2 aromatic rings. The minimum absolute atomic E-state index is 0.177. The second kappa shape index (κ2) is 9.78. The Morgan fingerprint density at radius 3 is 2.03 bits per heavy atom. The summed E-state index contributed by atoms with van der Waals surface area (Å²) in [5, 5.41) is 0. The zero-order valence-corrected chi connectivity index (χ0v) is 17.4. The second-order valence-electron chi connectivity index (χ2n) is 7.24. The summed E-state index contributed by atoms with van der Waals surface area (Å²) >= 11 is 0. The molecule has 0 fully saturated rings. The first-order chi connectivity index (χ1) is 13.8. The molecular formula is C23H26O6. The summed E-state index contributed by atoms with van der Waals surface area (Å²) in [5.74, 6) is 1.20. The third-order valence-electron chi connectivity index (χ3n) is 4.03. The molecule has 0 unspecified atom stereocenters. The lowest BCUT2D eigenvalue weighted by Gasteiger charge is -2.16. The number of ketones is 1. The largest absolute Gasteiger partial charge is 0.496 e. The normalized spacial score (nSPS) is 11.2. The van der Waals surface area contributed by atoms with Crippen molar-refractivity contribution in [3.05, 3.63) is 59.7 Å². The number of carbonyl (C=O) groups is 2. The summed E-state index contributed by atoms with van der Waals surface area (Å²) in [7, 11) is 3.12. The highest BCUT2D eigenvalue weighted by Crippen LogP contribution is 2.29. The molecule has 0 aliphatic carbocycles. The number of hydrogen-bond donors (Lipinski definition) is 0. The van der Waals surface area contributed by atoms with Crippen LogP contribution in [0.4, 0.5) is 0 Å². The van der Waals surface area contributed by atoms with Crippen LogP contribution in [0, 0.1) is 5.41 Å². The predicted octanol–water partition coefficient (Wildman–Crippen LogP) is 4.53. The Bertz CT molecular complexity index is 853. The highest BCUT2D eigenvalue weighted by molar-refractivity contribution is 6.07. The first-order valence-electron chi connectivity index (χ1n) is 9.09. The number of allylic oxidation sites excluding steroid dienone is 1. The van der Waals surface area contributed by atoms with Crippen molar-refractivity contribution < 1.29 is 28.5 Å². The summed E-state index contributed by atoms with van der Waals surface area (Å²) in [5.41, 5.74) is 0.594. The summed E-state index contributed by atoms with van der Waals surface area (Å²) in [6.07, 6.45) is 3.12. The molecule has 2 aromatic carbocycles. The fourth-order valence-corrected chi connectivity index (χ4v) is 2.38. The predicted molar refractivity (Wildman–Crippen MR) is 110 cm³/mol. The Kier molecular flexibility index (Phi) is 7.42. The van der Waals surface area contributed by atoms with Crippen molar-refractivity contribution in [2.75, 3.05) is 21.0 Å². The standard InChI is InChI=1S/C23H26O6/c1-23(2,3)22(25)29-15-28-17-11-9-16(10-12-17)19(24)14-13-18-20(26-4)7-6-8-21(18)27-5/h6-14H,15H2,1-5H3/b14-13+. The Morgan fingerprint density at radius 1 is 0.931 bits per heavy atom. The van der Waals surface area contributed by atoms with E-state index in [1.54, 1.807) is 77.5 Å². The van der Waals surface area contributed by atoms with Gasteiger partial charge in [-0.2, -0.15) is 0 Å². The molecule has 29 heavy (non-hydrogen) atoms. The van der Waals surface area contributed by atoms with E-state index in [0.717, 1.165) is 0 Å². The molecule has 0 N–H and O–H groups in total. The van der Waals surface area contributed by atoms with Gasteiger partial charge in [0, 0.05) is 5.56 Å². The van der Waals surface area contributed by atoms with Crippen LogP contribution in [0.2, 0.25) is 0 Å². The van der Waals surface area contributed by atoms with E-state index in [1.807, 2.05) is 6.07 Å². The van der Waals surface area contributed by atoms with E-state index in [9.17, 15) is 9.59 Å². The van der Waals surface area contributed by atoms with Crippen molar-refractivity contribution in [2.45, 2.75) is 20.8 Å². The first-order valence-corrected chi connectivity index (χ1v) is 9.09. The van der Waals surface area contributed by atoms with Gasteiger partial charge in [0.05, 0.1) is 25.2 Å². The molecule has 6 heteroatoms. The quantitative estimate of drug-likeness (QED) is 0.282. The smallest absolute Gasteiger partial charge is 0.314 e. The van der Waals surface area contributed by atoms with Gasteiger partial charge in [0.2, 0.25) is 6.79 Å². The lowest BCUT2D eigenvalue weighted by molar-refractivity contribution is -0.159. The summed E-state index contributed by atoms with van der Waals surface area (Å²) in [6, 6.07) is 12.0. The van der Waals surface area contributed by atoms with Gasteiger partial charge in [-0.3, -0.25) is 9.59 Å². The van der Waals surface area contributed by atoms with Crippen LogP contribution in [-0.4, -0.2) is 32.8 Å². The van der Waals surface area contributed by atoms with E-state index in [-0.39, 0.29) is 18.5 Å². The van der Waals surface area contributed by atoms with Crippen LogP contribution in [-0.2, 0) is 9.53 Å². The molecule has 154 valence electrons. The molecule has 0 aliphatic rings. The van der Waals surface area contributed by atoms with Crippen LogP contribution < -0.4 is 14.2 Å². The number of carbonyl (C=O) groups excluding carboxylic acids is 2. The van der Waals surface area contributed by atoms with Crippen molar-refractivity contribution in [1.29, 1.82) is 0 Å². The molecule has 0 aliphatic heterocycles. The average Bonchev–Trinajstić information content (AvgIpc) is 2.71. The maximum Gasteiger partial charge on any atom is 0.314 e. The molecule has 0 heterocycles. The van der Waals surface area contributed by atoms with Gasteiger partial charge in [0.15, 0.2) is 5.78 Å². The highest BCUT2D eigenvalue weighted by Gasteiger charge is 2.23. The van der Waals surface area contributed by atoms with E-state index in [0.29, 0.717) is 28.4 Å². The van der Waals surface area contributed by atoms with Crippen molar-refractivity contribution in [2.24, 2.45) is 5.41 Å². The van der Waals surface area contributed by atoms with Gasteiger partial charge in [-0.25, -0.2) is 0 Å². The Hall–Kier alpha value is -3.28. The molecule has 0 bridgehead atoms. The van der Waals surface area contributed by atoms with Gasteiger partial charge < -0.3 is 18.9 Å². The topological polar surface area (TPSA) is 71.1 Å². The zero-order chi connectivity index (χ0) is 21.4. The molecule has 0 amide bonds. The third-order valence-corrected chi connectivity index (χ3v) is 4.03. The number of benzene rings is 2. The van der Waals surface area contributed by atoms with Gasteiger partial charge >= 0.3 is 5.97 Å². The van der Waals surface area contributed by atoms with Crippen molar-refractivity contribution >= 4 is 17.8 Å². The second-order valence-corrected chi connectivity index (χ2v) is 7.24. The molecule has 0 radical (unpaired) electrons. The fourth-order valence-electron chi connectivity index (χ4n) is 2.38. The van der Waals surface area contributed by atoms with Crippen LogP contribution in [0.15, 0.2) is 48.5 Å². The molecule has 0 saturated heterocycles. The van der Waals surface area contributed by atoms with Crippen LogP contribution in [0.25, 0.3) is 6.08 Å². The van der Waals surface area contributed by atoms with Crippen molar-refractivity contribution in [3.63, 3.8) is 0 Å². The monoisotopic (exact) mass is 398 g/mol. The number of hydrogen-bond acceptors (Lipinski definition) is 6.